The third kappa shape index (κ3) is 6.58. The Morgan fingerprint density at radius 3 is 2.18 bits per heavy atom. The molecule has 0 aliphatic carbocycles. The van der Waals surface area contributed by atoms with Crippen molar-refractivity contribution < 1.29 is 19.0 Å². The maximum Gasteiger partial charge on any atom is 0.338 e. The molecule has 22 heavy (non-hydrogen) atoms. The Morgan fingerprint density at radius 1 is 1.05 bits per heavy atom. The van der Waals surface area contributed by atoms with Gasteiger partial charge in [0.1, 0.15) is 6.10 Å². The fourth-order valence-electron chi connectivity index (χ4n) is 2.17. The second-order valence-corrected chi connectivity index (χ2v) is 5.60. The number of hydrogen-bond donors (Lipinski definition) is 0. The van der Waals surface area contributed by atoms with Gasteiger partial charge in [-0.3, -0.25) is 0 Å². The summed E-state index contributed by atoms with van der Waals surface area (Å²) in [7, 11) is 0. The number of carbonyl (C=O) groups excluding carboxylic acids is 1. The molecule has 1 rings (SSSR count). The highest BCUT2D eigenvalue weighted by Crippen LogP contribution is 2.16. The average Bonchev–Trinajstić information content (AvgIpc) is 2.49. The van der Waals surface area contributed by atoms with Gasteiger partial charge in [0.25, 0.3) is 0 Å². The second-order valence-electron chi connectivity index (χ2n) is 5.60. The summed E-state index contributed by atoms with van der Waals surface area (Å²) < 4.78 is 16.3. The third-order valence-corrected chi connectivity index (χ3v) is 3.15. The zero-order valence-electron chi connectivity index (χ0n) is 14.1. The predicted molar refractivity (Wildman–Crippen MR) is 87.2 cm³/mol. The summed E-state index contributed by atoms with van der Waals surface area (Å²) >= 11 is 0. The van der Waals surface area contributed by atoms with Gasteiger partial charge in [-0.05, 0) is 37.8 Å². The normalized spacial score (nSPS) is 11.2. The van der Waals surface area contributed by atoms with Crippen molar-refractivity contribution in [2.24, 2.45) is 5.92 Å². The van der Waals surface area contributed by atoms with Gasteiger partial charge in [-0.2, -0.15) is 0 Å². The zero-order chi connectivity index (χ0) is 16.4. The number of hydrogen-bond acceptors (Lipinski definition) is 4. The molecule has 0 atom stereocenters. The lowest BCUT2D eigenvalue weighted by Gasteiger charge is -2.19. The third-order valence-electron chi connectivity index (χ3n) is 3.15. The Bertz CT molecular complexity index is 434. The van der Waals surface area contributed by atoms with E-state index in [1.807, 2.05) is 38.1 Å². The van der Waals surface area contributed by atoms with Crippen molar-refractivity contribution in [3.8, 4) is 0 Å². The Balaban J connectivity index is 2.75. The van der Waals surface area contributed by atoms with Crippen LogP contribution < -0.4 is 0 Å². The number of rotatable bonds is 10. The quantitative estimate of drug-likeness (QED) is 0.621. The van der Waals surface area contributed by atoms with Gasteiger partial charge < -0.3 is 14.2 Å². The van der Waals surface area contributed by atoms with Crippen LogP contribution in [-0.4, -0.2) is 38.5 Å². The molecule has 0 heterocycles. The molecule has 0 aromatic heterocycles. The number of ether oxygens (including phenoxy) is 3. The van der Waals surface area contributed by atoms with Crippen LogP contribution in [0.1, 0.15) is 43.6 Å². The lowest BCUT2D eigenvalue weighted by molar-refractivity contribution is -0.0364. The van der Waals surface area contributed by atoms with E-state index in [-0.39, 0.29) is 12.1 Å². The van der Waals surface area contributed by atoms with Crippen LogP contribution in [0.4, 0.5) is 0 Å². The maximum absolute atomic E-state index is 12.5. The molecule has 0 fully saturated rings. The van der Waals surface area contributed by atoms with Crippen molar-refractivity contribution in [1.82, 2.24) is 0 Å². The van der Waals surface area contributed by atoms with E-state index in [0.717, 1.165) is 12.0 Å². The minimum atomic E-state index is -0.375. The van der Waals surface area contributed by atoms with Gasteiger partial charge in [0.15, 0.2) is 0 Å². The Morgan fingerprint density at radius 2 is 1.64 bits per heavy atom. The van der Waals surface area contributed by atoms with Crippen LogP contribution in [0.25, 0.3) is 0 Å². The topological polar surface area (TPSA) is 44.8 Å². The van der Waals surface area contributed by atoms with E-state index in [2.05, 4.69) is 13.8 Å². The molecule has 0 amide bonds. The monoisotopic (exact) mass is 308 g/mol. The van der Waals surface area contributed by atoms with Gasteiger partial charge in [0.05, 0.1) is 18.8 Å². The number of esters is 1. The van der Waals surface area contributed by atoms with Crippen molar-refractivity contribution in [3.05, 3.63) is 35.4 Å². The molecule has 0 spiro atoms. The van der Waals surface area contributed by atoms with Gasteiger partial charge in [-0.1, -0.05) is 32.0 Å². The Labute approximate surface area is 133 Å². The van der Waals surface area contributed by atoms with Crippen LogP contribution in [0.3, 0.4) is 0 Å². The minimum Gasteiger partial charge on any atom is -0.454 e. The SMILES string of the molecule is CCOCC(COCC)OC(=O)c1ccccc1CC(C)C. The second kappa shape index (κ2) is 10.4. The van der Waals surface area contributed by atoms with Crippen molar-refractivity contribution >= 4 is 5.97 Å². The van der Waals surface area contributed by atoms with Crippen LogP contribution in [0.5, 0.6) is 0 Å². The first kappa shape index (κ1) is 18.7. The van der Waals surface area contributed by atoms with Gasteiger partial charge in [0, 0.05) is 13.2 Å². The van der Waals surface area contributed by atoms with E-state index < -0.39 is 0 Å². The maximum atomic E-state index is 12.5. The molecule has 0 radical (unpaired) electrons. The van der Waals surface area contributed by atoms with Crippen molar-refractivity contribution in [3.63, 3.8) is 0 Å². The zero-order valence-corrected chi connectivity index (χ0v) is 14.1. The summed E-state index contributed by atoms with van der Waals surface area (Å²) in [4.78, 5) is 12.5. The molecule has 0 aliphatic rings. The van der Waals surface area contributed by atoms with Crippen LogP contribution in [0, 0.1) is 5.92 Å². The van der Waals surface area contributed by atoms with Crippen LogP contribution in [0.15, 0.2) is 24.3 Å². The molecule has 0 saturated heterocycles. The highest BCUT2D eigenvalue weighted by molar-refractivity contribution is 5.91. The molecule has 0 N–H and O–H groups in total. The Kier molecular flexibility index (Phi) is 8.78. The van der Waals surface area contributed by atoms with E-state index in [4.69, 9.17) is 14.2 Å². The van der Waals surface area contributed by atoms with Gasteiger partial charge in [-0.15, -0.1) is 0 Å². The summed E-state index contributed by atoms with van der Waals surface area (Å²) in [5, 5.41) is 0. The summed E-state index contributed by atoms with van der Waals surface area (Å²) in [6, 6.07) is 7.61. The smallest absolute Gasteiger partial charge is 0.338 e. The fraction of sp³-hybridized carbons (Fsp3) is 0.611. The molecular weight excluding hydrogens is 280 g/mol. The van der Waals surface area contributed by atoms with Crippen molar-refractivity contribution in [2.75, 3.05) is 26.4 Å². The molecule has 0 aliphatic heterocycles. The van der Waals surface area contributed by atoms with E-state index in [9.17, 15) is 4.79 Å². The number of benzene rings is 1. The molecule has 0 saturated carbocycles. The average molecular weight is 308 g/mol. The summed E-state index contributed by atoms with van der Waals surface area (Å²) in [6.45, 7) is 9.98. The summed E-state index contributed by atoms with van der Waals surface area (Å²) in [5.41, 5.74) is 1.66. The van der Waals surface area contributed by atoms with Crippen LogP contribution >= 0.6 is 0 Å². The van der Waals surface area contributed by atoms with Gasteiger partial charge in [0.2, 0.25) is 0 Å². The highest BCUT2D eigenvalue weighted by atomic mass is 16.6. The molecule has 124 valence electrons. The van der Waals surface area contributed by atoms with E-state index in [0.29, 0.717) is 37.9 Å². The molecular formula is C18H28O4. The molecule has 0 unspecified atom stereocenters. The first-order valence-electron chi connectivity index (χ1n) is 8.02. The fourth-order valence-corrected chi connectivity index (χ4v) is 2.17. The van der Waals surface area contributed by atoms with E-state index >= 15 is 0 Å². The van der Waals surface area contributed by atoms with Gasteiger partial charge in [-0.25, -0.2) is 4.79 Å². The lowest BCUT2D eigenvalue weighted by atomic mass is 9.98. The summed E-state index contributed by atoms with van der Waals surface area (Å²) in [5.74, 6) is 0.178. The standard InChI is InChI=1S/C18H28O4/c1-5-20-12-16(13-21-6-2)22-18(19)17-10-8-7-9-15(17)11-14(3)4/h7-10,14,16H,5-6,11-13H2,1-4H3. The molecule has 0 bridgehead atoms. The van der Waals surface area contributed by atoms with Crippen molar-refractivity contribution in [2.45, 2.75) is 40.2 Å². The predicted octanol–water partition coefficient (Wildman–Crippen LogP) is 3.48. The first-order chi connectivity index (χ1) is 10.6. The highest BCUT2D eigenvalue weighted by Gasteiger charge is 2.19. The largest absolute Gasteiger partial charge is 0.454 e. The lowest BCUT2D eigenvalue weighted by Crippen LogP contribution is -2.29. The summed E-state index contributed by atoms with van der Waals surface area (Å²) in [6.07, 6.45) is 0.479. The molecule has 1 aromatic carbocycles. The van der Waals surface area contributed by atoms with Gasteiger partial charge >= 0.3 is 5.97 Å². The first-order valence-corrected chi connectivity index (χ1v) is 8.02. The van der Waals surface area contributed by atoms with Crippen molar-refractivity contribution in [1.29, 1.82) is 0 Å². The molecule has 1 aromatic rings. The minimum absolute atomic E-state index is 0.305. The van der Waals surface area contributed by atoms with E-state index in [1.165, 1.54) is 0 Å². The van der Waals surface area contributed by atoms with E-state index in [1.54, 1.807) is 0 Å². The van der Waals surface area contributed by atoms with Crippen LogP contribution in [0.2, 0.25) is 0 Å². The van der Waals surface area contributed by atoms with Crippen LogP contribution in [-0.2, 0) is 20.6 Å². The Hall–Kier alpha value is -1.39. The molecule has 4 heteroatoms. The molecule has 4 nitrogen and oxygen atoms in total. The number of carbonyl (C=O) groups is 1.